The fourth-order valence-electron chi connectivity index (χ4n) is 15.7. The molecule has 0 spiro atoms. The minimum Gasteiger partial charge on any atom is -0.376 e. The van der Waals surface area contributed by atoms with Gasteiger partial charge < -0.3 is 14.4 Å². The van der Waals surface area contributed by atoms with Gasteiger partial charge in [0.25, 0.3) is 0 Å². The molecule has 13 aromatic rings. The number of fused-ring (bicyclic) bond motifs is 33. The van der Waals surface area contributed by atoms with Crippen LogP contribution >= 0.6 is 0 Å². The first-order chi connectivity index (χ1) is 41.7. The summed E-state index contributed by atoms with van der Waals surface area (Å²) in [6.45, 7) is 0.0688. The lowest BCUT2D eigenvalue weighted by molar-refractivity contribution is 1.35. The van der Waals surface area contributed by atoms with Crippen LogP contribution in [0.2, 0.25) is 0 Å². The van der Waals surface area contributed by atoms with Crippen molar-refractivity contribution in [2.45, 2.75) is 0 Å². The van der Waals surface area contributed by atoms with E-state index >= 15 is 0 Å². The van der Waals surface area contributed by atoms with Crippen LogP contribution in [0.15, 0.2) is 291 Å². The fourth-order valence-corrected chi connectivity index (χ4v) is 15.7. The summed E-state index contributed by atoms with van der Waals surface area (Å²) in [5, 5.41) is 0. The zero-order valence-corrected chi connectivity index (χ0v) is 45.8. The molecule has 0 aliphatic carbocycles. The third-order valence-electron chi connectivity index (χ3n) is 19.2. The lowest BCUT2D eigenvalue weighted by Gasteiger charge is -2.43. The third kappa shape index (κ3) is 6.40. The van der Waals surface area contributed by atoms with Crippen molar-refractivity contribution in [2.24, 2.45) is 0 Å². The molecule has 0 saturated heterocycles. The third-order valence-corrected chi connectivity index (χ3v) is 19.2. The zero-order valence-electron chi connectivity index (χ0n) is 45.8. The van der Waals surface area contributed by atoms with Crippen LogP contribution in [0.5, 0.6) is 0 Å². The lowest BCUT2D eigenvalue weighted by atomic mass is 9.43. The molecular formula is C78H48B3N3. The van der Waals surface area contributed by atoms with Gasteiger partial charge in [-0.15, -0.1) is 0 Å². The Bertz CT molecular complexity index is 4500. The van der Waals surface area contributed by atoms with Gasteiger partial charge in [-0.05, 0) is 172 Å². The molecule has 19 rings (SSSR count). The Morgan fingerprint density at radius 3 is 0.619 bits per heavy atom. The minimum atomic E-state index is 0.0229. The Balaban J connectivity index is 0.815. The second kappa shape index (κ2) is 17.5. The highest BCUT2D eigenvalue weighted by molar-refractivity contribution is 6.94. The van der Waals surface area contributed by atoms with Crippen LogP contribution in [0.25, 0.3) is 100 Å². The molecule has 0 aromatic heterocycles. The Kier molecular flexibility index (Phi) is 9.60. The average molecular weight is 1060 g/mol. The van der Waals surface area contributed by atoms with Gasteiger partial charge in [-0.3, -0.25) is 0 Å². The number of hydrogen-bond acceptors (Lipinski definition) is 3. The number of rotatable bonds is 3. The van der Waals surface area contributed by atoms with Crippen LogP contribution in [0.4, 0.5) is 34.1 Å². The normalized spacial score (nSPS) is 13.6. The summed E-state index contributed by atoms with van der Waals surface area (Å²) in [6.07, 6.45) is 0. The van der Waals surface area contributed by atoms with E-state index in [4.69, 9.17) is 0 Å². The van der Waals surface area contributed by atoms with Crippen molar-refractivity contribution in [1.82, 2.24) is 0 Å². The molecule has 0 fully saturated rings. The zero-order chi connectivity index (χ0) is 54.7. The quantitative estimate of drug-likeness (QED) is 0.163. The maximum atomic E-state index is 2.59. The maximum Gasteiger partial charge on any atom is 0.329 e. The molecule has 84 heavy (non-hydrogen) atoms. The molecule has 13 aromatic carbocycles. The van der Waals surface area contributed by atoms with Crippen LogP contribution in [0.1, 0.15) is 0 Å². The van der Waals surface area contributed by atoms with E-state index in [2.05, 4.69) is 306 Å². The standard InChI is InChI=1S/C78H48B3N3/c1-10-28-67-55(19-1)58-22-4-13-31-73(58)82-76-34-16-7-25-61(76)64-46-49(37-40-70(64)79(67)82)52-43-53(50-38-41-71-65(47-50)62-26-8-17-35-77(62)83-74-32-14-5-23-59(74)56-20-2-11-29-68(56)80(71)83)45-54(44-52)51-39-42-72-66(48-51)63-27-9-18-36-78(63)84-75-33-15-6-24-60(75)57-21-3-12-30-69(57)81(72)84/h1-48H. The average Bonchev–Trinajstić information content (AvgIpc) is 2.49. The molecule has 6 heteroatoms. The first-order valence-corrected chi connectivity index (χ1v) is 29.5. The maximum absolute atomic E-state index is 2.59. The molecule has 6 aliphatic heterocycles. The summed E-state index contributed by atoms with van der Waals surface area (Å²) in [5.74, 6) is 0. The fraction of sp³-hybridized carbons (Fsp3) is 0. The smallest absolute Gasteiger partial charge is 0.329 e. The van der Waals surface area contributed by atoms with E-state index in [1.807, 2.05) is 0 Å². The van der Waals surface area contributed by atoms with E-state index in [9.17, 15) is 0 Å². The lowest BCUT2D eigenvalue weighted by Crippen LogP contribution is -2.59. The summed E-state index contributed by atoms with van der Waals surface area (Å²) < 4.78 is 0. The number of anilines is 6. The predicted molar refractivity (Wildman–Crippen MR) is 356 cm³/mol. The van der Waals surface area contributed by atoms with E-state index in [1.165, 1.54) is 167 Å². The number of para-hydroxylation sites is 6. The highest BCUT2D eigenvalue weighted by atomic mass is 15.1. The highest BCUT2D eigenvalue weighted by Crippen LogP contribution is 2.51. The van der Waals surface area contributed by atoms with E-state index in [0.717, 1.165) is 0 Å². The van der Waals surface area contributed by atoms with Gasteiger partial charge in [0.2, 0.25) is 0 Å². The largest absolute Gasteiger partial charge is 0.376 e. The van der Waals surface area contributed by atoms with E-state index < -0.39 is 0 Å². The molecule has 0 N–H and O–H groups in total. The van der Waals surface area contributed by atoms with Crippen molar-refractivity contribution in [3.63, 3.8) is 0 Å². The van der Waals surface area contributed by atoms with Gasteiger partial charge in [0.15, 0.2) is 0 Å². The van der Waals surface area contributed by atoms with Crippen molar-refractivity contribution < 1.29 is 0 Å². The summed E-state index contributed by atoms with van der Waals surface area (Å²) in [6, 6.07) is 110. The molecule has 6 aliphatic rings. The molecule has 0 amide bonds. The molecule has 0 unspecified atom stereocenters. The molecular weight excluding hydrogens is 1010 g/mol. The SMILES string of the molecule is c1ccc2c(c1)B1c3ccc(-c4cc(-c5ccc6c(c5)-c5ccccc5N5B6c6ccccc6-c6ccccc65)cc(-c5ccc6c(c5)-c5ccccc5N5B6c6ccccc6-c6ccccc65)c4)cc3-c3ccccc3N1c1ccccc1-2. The topological polar surface area (TPSA) is 9.72 Å². The number of nitrogens with zero attached hydrogens (tertiary/aromatic N) is 3. The van der Waals surface area contributed by atoms with Gasteiger partial charge in [-0.2, -0.15) is 0 Å². The molecule has 0 bridgehead atoms. The summed E-state index contributed by atoms with van der Waals surface area (Å²) in [4.78, 5) is 7.76. The molecule has 0 saturated carbocycles. The molecule has 0 atom stereocenters. The first kappa shape index (κ1) is 46.1. The van der Waals surface area contributed by atoms with Crippen LogP contribution in [0.3, 0.4) is 0 Å². The Hall–Kier alpha value is -10.5. The van der Waals surface area contributed by atoms with Gasteiger partial charge in [0, 0.05) is 67.5 Å². The highest BCUT2D eigenvalue weighted by Gasteiger charge is 2.45. The summed E-state index contributed by atoms with van der Waals surface area (Å²) in [5.41, 5.74) is 37.8. The summed E-state index contributed by atoms with van der Waals surface area (Å²) >= 11 is 0. The predicted octanol–water partition coefficient (Wildman–Crippen LogP) is 15.4. The molecule has 3 nitrogen and oxygen atoms in total. The Labute approximate surface area is 490 Å². The Morgan fingerprint density at radius 1 is 0.155 bits per heavy atom. The molecule has 0 radical (unpaired) electrons. The van der Waals surface area contributed by atoms with Gasteiger partial charge in [0.1, 0.15) is 0 Å². The van der Waals surface area contributed by atoms with Crippen LogP contribution in [0, 0.1) is 0 Å². The second-order valence-electron chi connectivity index (χ2n) is 23.4. The van der Waals surface area contributed by atoms with E-state index in [0.29, 0.717) is 0 Å². The van der Waals surface area contributed by atoms with Gasteiger partial charge >= 0.3 is 20.5 Å². The summed E-state index contributed by atoms with van der Waals surface area (Å²) in [7, 11) is 0. The van der Waals surface area contributed by atoms with Gasteiger partial charge in [-0.25, -0.2) is 0 Å². The van der Waals surface area contributed by atoms with Crippen LogP contribution < -0.4 is 47.2 Å². The van der Waals surface area contributed by atoms with E-state index in [-0.39, 0.29) is 20.5 Å². The number of benzene rings is 13. The van der Waals surface area contributed by atoms with Crippen LogP contribution in [-0.4, -0.2) is 20.5 Å². The first-order valence-electron chi connectivity index (χ1n) is 29.5. The van der Waals surface area contributed by atoms with Crippen molar-refractivity contribution in [3.05, 3.63) is 291 Å². The Morgan fingerprint density at radius 2 is 0.357 bits per heavy atom. The van der Waals surface area contributed by atoms with Crippen molar-refractivity contribution in [2.75, 3.05) is 14.4 Å². The molecule has 6 heterocycles. The van der Waals surface area contributed by atoms with E-state index in [1.54, 1.807) is 0 Å². The van der Waals surface area contributed by atoms with Crippen molar-refractivity contribution in [3.8, 4) is 100 Å². The van der Waals surface area contributed by atoms with Crippen LogP contribution in [-0.2, 0) is 0 Å². The van der Waals surface area contributed by atoms with Gasteiger partial charge in [0.05, 0.1) is 0 Å². The minimum absolute atomic E-state index is 0.0229. The number of hydrogen-bond donors (Lipinski definition) is 0. The second-order valence-corrected chi connectivity index (χ2v) is 23.4. The van der Waals surface area contributed by atoms with Crippen molar-refractivity contribution >= 4 is 87.4 Å². The van der Waals surface area contributed by atoms with Crippen molar-refractivity contribution in [1.29, 1.82) is 0 Å². The molecule has 384 valence electrons. The monoisotopic (exact) mass is 1060 g/mol. The van der Waals surface area contributed by atoms with Gasteiger partial charge in [-0.1, -0.05) is 218 Å².